The van der Waals surface area contributed by atoms with Gasteiger partial charge >= 0.3 is 0 Å². The number of thioether (sulfide) groups is 1. The van der Waals surface area contributed by atoms with Crippen LogP contribution in [0.25, 0.3) is 10.9 Å². The molecular weight excluding hydrogens is 432 g/mol. The predicted octanol–water partition coefficient (Wildman–Crippen LogP) is 4.54. The van der Waals surface area contributed by atoms with Gasteiger partial charge in [-0.3, -0.25) is 9.69 Å². The number of anilines is 1. The minimum absolute atomic E-state index is 0.0900. The predicted molar refractivity (Wildman–Crippen MR) is 126 cm³/mol. The van der Waals surface area contributed by atoms with Crippen LogP contribution in [0.5, 0.6) is 0 Å². The lowest BCUT2D eigenvalue weighted by atomic mass is 10.2. The number of morpholine rings is 1. The Hall–Kier alpha value is -2.19. The van der Waals surface area contributed by atoms with Crippen molar-refractivity contribution in [2.45, 2.75) is 30.7 Å². The van der Waals surface area contributed by atoms with Gasteiger partial charge in [-0.1, -0.05) is 47.6 Å². The van der Waals surface area contributed by atoms with Crippen molar-refractivity contribution in [2.75, 3.05) is 31.6 Å². The number of carbonyl (C=O) groups excluding carboxylic acids is 1. The Morgan fingerprint density at radius 2 is 2.00 bits per heavy atom. The summed E-state index contributed by atoms with van der Waals surface area (Å²) < 4.78 is 5.44. The summed E-state index contributed by atoms with van der Waals surface area (Å²) >= 11 is 7.53. The molecule has 1 amide bonds. The fourth-order valence-electron chi connectivity index (χ4n) is 3.40. The first kappa shape index (κ1) is 22.0. The van der Waals surface area contributed by atoms with Crippen LogP contribution < -0.4 is 5.32 Å². The molecule has 1 fully saturated rings. The molecule has 0 radical (unpaired) electrons. The Balaban J connectivity index is 1.54. The van der Waals surface area contributed by atoms with Gasteiger partial charge in [0, 0.05) is 29.2 Å². The highest BCUT2D eigenvalue weighted by Crippen LogP contribution is 2.30. The summed E-state index contributed by atoms with van der Waals surface area (Å²) in [5.74, 6) is 0.675. The number of ether oxygens (including phenoxy) is 1. The number of rotatable bonds is 6. The zero-order valence-corrected chi connectivity index (χ0v) is 19.2. The summed E-state index contributed by atoms with van der Waals surface area (Å²) in [5, 5.41) is 5.02. The largest absolute Gasteiger partial charge is 0.379 e. The van der Waals surface area contributed by atoms with E-state index in [1.165, 1.54) is 11.8 Å². The van der Waals surface area contributed by atoms with Gasteiger partial charge in [-0.15, -0.1) is 0 Å². The minimum atomic E-state index is -0.340. The van der Waals surface area contributed by atoms with Crippen molar-refractivity contribution in [1.82, 2.24) is 14.9 Å². The number of hydrogen-bond donors (Lipinski definition) is 1. The van der Waals surface area contributed by atoms with Crippen LogP contribution in [0.1, 0.15) is 18.3 Å². The van der Waals surface area contributed by atoms with E-state index in [1.807, 2.05) is 50.2 Å². The Morgan fingerprint density at radius 1 is 1.23 bits per heavy atom. The van der Waals surface area contributed by atoms with E-state index in [4.69, 9.17) is 26.3 Å². The quantitative estimate of drug-likeness (QED) is 0.433. The van der Waals surface area contributed by atoms with Crippen LogP contribution in [-0.4, -0.2) is 52.3 Å². The van der Waals surface area contributed by atoms with Crippen LogP contribution in [0, 0.1) is 6.92 Å². The lowest BCUT2D eigenvalue weighted by Crippen LogP contribution is -2.36. The highest BCUT2D eigenvalue weighted by molar-refractivity contribution is 8.00. The second kappa shape index (κ2) is 9.96. The Morgan fingerprint density at radius 3 is 2.81 bits per heavy atom. The van der Waals surface area contributed by atoms with Crippen molar-refractivity contribution < 1.29 is 9.53 Å². The van der Waals surface area contributed by atoms with Crippen molar-refractivity contribution in [3.8, 4) is 0 Å². The van der Waals surface area contributed by atoms with Crippen molar-refractivity contribution in [2.24, 2.45) is 0 Å². The van der Waals surface area contributed by atoms with Gasteiger partial charge in [-0.25, -0.2) is 9.97 Å². The smallest absolute Gasteiger partial charge is 0.237 e. The third-order valence-corrected chi connectivity index (χ3v) is 6.54. The van der Waals surface area contributed by atoms with Crippen molar-refractivity contribution in [3.63, 3.8) is 0 Å². The number of fused-ring (bicyclic) bond motifs is 1. The maximum Gasteiger partial charge on any atom is 0.237 e. The van der Waals surface area contributed by atoms with E-state index in [-0.39, 0.29) is 11.2 Å². The third-order valence-electron chi connectivity index (χ3n) is 5.20. The first-order chi connectivity index (χ1) is 15.0. The van der Waals surface area contributed by atoms with Crippen LogP contribution in [-0.2, 0) is 16.1 Å². The molecule has 2 aromatic carbocycles. The van der Waals surface area contributed by atoms with Crippen molar-refractivity contribution >= 4 is 45.9 Å². The molecular formula is C23H25ClN4O2S. The van der Waals surface area contributed by atoms with Crippen LogP contribution in [0.4, 0.5) is 5.69 Å². The number of amides is 1. The molecule has 0 saturated carbocycles. The Kier molecular flexibility index (Phi) is 7.07. The highest BCUT2D eigenvalue weighted by atomic mass is 35.5. The zero-order chi connectivity index (χ0) is 21.8. The fourth-order valence-corrected chi connectivity index (χ4v) is 4.53. The van der Waals surface area contributed by atoms with Gasteiger partial charge in [0.2, 0.25) is 5.91 Å². The summed E-state index contributed by atoms with van der Waals surface area (Å²) in [6.45, 7) is 7.71. The van der Waals surface area contributed by atoms with E-state index < -0.39 is 0 Å². The van der Waals surface area contributed by atoms with Gasteiger partial charge in [0.25, 0.3) is 0 Å². The lowest BCUT2D eigenvalue weighted by molar-refractivity contribution is -0.115. The molecule has 1 aliphatic rings. The van der Waals surface area contributed by atoms with Gasteiger partial charge < -0.3 is 10.1 Å². The second-order valence-corrected chi connectivity index (χ2v) is 9.33. The van der Waals surface area contributed by atoms with E-state index in [0.717, 1.165) is 59.3 Å². The summed E-state index contributed by atoms with van der Waals surface area (Å²) in [4.78, 5) is 24.7. The van der Waals surface area contributed by atoms with Crippen LogP contribution in [0.2, 0.25) is 5.02 Å². The van der Waals surface area contributed by atoms with Crippen molar-refractivity contribution in [3.05, 3.63) is 58.9 Å². The molecule has 8 heteroatoms. The second-order valence-electron chi connectivity index (χ2n) is 7.56. The van der Waals surface area contributed by atoms with Gasteiger partial charge in [0.1, 0.15) is 10.9 Å². The van der Waals surface area contributed by atoms with Gasteiger partial charge in [-0.2, -0.15) is 0 Å². The molecule has 3 aromatic rings. The van der Waals surface area contributed by atoms with E-state index >= 15 is 0 Å². The lowest BCUT2D eigenvalue weighted by Gasteiger charge is -2.26. The van der Waals surface area contributed by atoms with Crippen molar-refractivity contribution in [1.29, 1.82) is 0 Å². The molecule has 0 unspecified atom stereocenters. The number of nitrogens with zero attached hydrogens (tertiary/aromatic N) is 3. The number of aromatic nitrogens is 2. The summed E-state index contributed by atoms with van der Waals surface area (Å²) in [5.41, 5.74) is 2.59. The third kappa shape index (κ3) is 5.54. The standard InChI is InChI=1S/C23H25ClN4O2S/c1-15-7-8-17(24)13-20(15)26-22(29)16(2)31-23-18-5-3-4-6-19(18)25-21(27-23)14-28-9-11-30-12-10-28/h3-8,13,16H,9-12,14H2,1-2H3,(H,26,29)/t16-/m1/s1. The van der Waals surface area contributed by atoms with Crippen LogP contribution in [0.3, 0.4) is 0 Å². The van der Waals surface area contributed by atoms with Gasteiger partial charge in [0.05, 0.1) is 30.5 Å². The highest BCUT2D eigenvalue weighted by Gasteiger charge is 2.20. The monoisotopic (exact) mass is 456 g/mol. The molecule has 6 nitrogen and oxygen atoms in total. The fraction of sp³-hybridized carbons (Fsp3) is 0.348. The van der Waals surface area contributed by atoms with Gasteiger partial charge in [0.15, 0.2) is 0 Å². The molecule has 31 heavy (non-hydrogen) atoms. The summed E-state index contributed by atoms with van der Waals surface area (Å²) in [7, 11) is 0. The molecule has 0 bridgehead atoms. The molecule has 0 aliphatic carbocycles. The van der Waals surface area contributed by atoms with E-state index in [0.29, 0.717) is 11.6 Å². The number of hydrogen-bond acceptors (Lipinski definition) is 6. The first-order valence-electron chi connectivity index (χ1n) is 10.3. The first-order valence-corrected chi connectivity index (χ1v) is 11.5. The average Bonchev–Trinajstić information content (AvgIpc) is 2.77. The normalized spacial score (nSPS) is 15.7. The maximum absolute atomic E-state index is 12.9. The van der Waals surface area contributed by atoms with E-state index in [9.17, 15) is 4.79 Å². The molecule has 162 valence electrons. The zero-order valence-electron chi connectivity index (χ0n) is 17.6. The number of benzene rings is 2. The van der Waals surface area contributed by atoms with Crippen LogP contribution >= 0.6 is 23.4 Å². The number of halogens is 1. The number of aryl methyl sites for hydroxylation is 1. The molecule has 1 aromatic heterocycles. The molecule has 4 rings (SSSR count). The topological polar surface area (TPSA) is 67.4 Å². The molecule has 1 atom stereocenters. The Bertz CT molecular complexity index is 1090. The maximum atomic E-state index is 12.9. The molecule has 0 spiro atoms. The van der Waals surface area contributed by atoms with E-state index in [1.54, 1.807) is 6.07 Å². The number of nitrogens with one attached hydrogen (secondary N) is 1. The average molecular weight is 457 g/mol. The van der Waals surface area contributed by atoms with Crippen LogP contribution in [0.15, 0.2) is 47.5 Å². The molecule has 1 aliphatic heterocycles. The van der Waals surface area contributed by atoms with Gasteiger partial charge in [-0.05, 0) is 37.6 Å². The SMILES string of the molecule is Cc1ccc(Cl)cc1NC(=O)[C@@H](C)Sc1nc(CN2CCOCC2)nc2ccccc12. The molecule has 1 saturated heterocycles. The summed E-state index contributed by atoms with van der Waals surface area (Å²) in [6.07, 6.45) is 0. The van der Waals surface area contributed by atoms with E-state index in [2.05, 4.69) is 10.2 Å². The Labute approximate surface area is 191 Å². The molecule has 1 N–H and O–H groups in total. The number of carbonyl (C=O) groups is 1. The molecule has 2 heterocycles. The number of para-hydroxylation sites is 1. The minimum Gasteiger partial charge on any atom is -0.379 e. The summed E-state index contributed by atoms with van der Waals surface area (Å²) in [6, 6.07) is 13.4.